The molecule has 4 nitrogen and oxygen atoms in total. The van der Waals surface area contributed by atoms with Crippen LogP contribution in [0.25, 0.3) is 11.1 Å². The highest BCUT2D eigenvalue weighted by Gasteiger charge is 2.15. The predicted molar refractivity (Wildman–Crippen MR) is 60.3 cm³/mol. The molecule has 1 N–H and O–H groups in total. The average Bonchev–Trinajstić information content (AvgIpc) is 2.77. The first-order valence-corrected chi connectivity index (χ1v) is 5.18. The van der Waals surface area contributed by atoms with Crippen molar-refractivity contribution in [3.63, 3.8) is 0 Å². The Labute approximate surface area is 97.3 Å². The molecular weight excluding hydrogens is 223 g/mol. The fourth-order valence-corrected chi connectivity index (χ4v) is 1.60. The molecule has 88 valence electrons. The number of aromatic nitrogens is 2. The average molecular weight is 234 g/mol. The van der Waals surface area contributed by atoms with E-state index in [4.69, 9.17) is 5.11 Å². The number of carboxylic acid groups (broad SMARTS) is 1. The second-order valence-corrected chi connectivity index (χ2v) is 3.56. The maximum atomic E-state index is 13.9. The highest BCUT2D eigenvalue weighted by molar-refractivity contribution is 5.89. The summed E-state index contributed by atoms with van der Waals surface area (Å²) in [4.78, 5) is 10.8. The Morgan fingerprint density at radius 1 is 1.53 bits per heavy atom. The molecule has 0 fully saturated rings. The Morgan fingerprint density at radius 2 is 2.29 bits per heavy atom. The summed E-state index contributed by atoms with van der Waals surface area (Å²) < 4.78 is 15.6. The van der Waals surface area contributed by atoms with Crippen molar-refractivity contribution >= 4 is 5.97 Å². The molecule has 0 radical (unpaired) electrons. The molecule has 0 saturated carbocycles. The van der Waals surface area contributed by atoms with Crippen LogP contribution in [-0.4, -0.2) is 20.9 Å². The monoisotopic (exact) mass is 234 g/mol. The van der Waals surface area contributed by atoms with Crippen LogP contribution >= 0.6 is 0 Å². The quantitative estimate of drug-likeness (QED) is 0.887. The summed E-state index contributed by atoms with van der Waals surface area (Å²) in [5.74, 6) is -2.00. The fourth-order valence-electron chi connectivity index (χ4n) is 1.60. The minimum absolute atomic E-state index is 0.254. The number of aryl methyl sites for hydroxylation is 1. The zero-order valence-corrected chi connectivity index (χ0v) is 9.22. The smallest absolute Gasteiger partial charge is 0.338 e. The number of carboxylic acids is 1. The molecule has 5 heteroatoms. The molecule has 1 aromatic heterocycles. The molecule has 0 spiro atoms. The second-order valence-electron chi connectivity index (χ2n) is 3.56. The molecule has 1 heterocycles. The molecule has 0 amide bonds. The molecule has 0 atom stereocenters. The maximum absolute atomic E-state index is 13.9. The Bertz CT molecular complexity index is 563. The normalized spacial score (nSPS) is 10.5. The Kier molecular flexibility index (Phi) is 2.91. The van der Waals surface area contributed by atoms with Crippen LogP contribution in [0.4, 0.5) is 4.39 Å². The third-order valence-corrected chi connectivity index (χ3v) is 2.50. The zero-order valence-electron chi connectivity index (χ0n) is 9.22. The van der Waals surface area contributed by atoms with Gasteiger partial charge in [0.2, 0.25) is 0 Å². The lowest BCUT2D eigenvalue weighted by atomic mass is 10.1. The first-order chi connectivity index (χ1) is 8.13. The molecular formula is C12H11FN2O2. The van der Waals surface area contributed by atoms with Gasteiger partial charge in [0, 0.05) is 23.9 Å². The van der Waals surface area contributed by atoms with E-state index < -0.39 is 11.8 Å². The predicted octanol–water partition coefficient (Wildman–Crippen LogP) is 2.41. The van der Waals surface area contributed by atoms with Crippen LogP contribution in [0, 0.1) is 5.82 Å². The largest absolute Gasteiger partial charge is 0.478 e. The molecule has 1 aromatic carbocycles. The van der Waals surface area contributed by atoms with Gasteiger partial charge in [-0.05, 0) is 13.0 Å². The summed E-state index contributed by atoms with van der Waals surface area (Å²) >= 11 is 0. The van der Waals surface area contributed by atoms with E-state index in [0.717, 1.165) is 0 Å². The number of rotatable bonds is 3. The van der Waals surface area contributed by atoms with Gasteiger partial charge in [-0.25, -0.2) is 9.18 Å². The van der Waals surface area contributed by atoms with Gasteiger partial charge >= 0.3 is 5.97 Å². The number of nitrogens with zero attached hydrogens (tertiary/aromatic N) is 2. The highest BCUT2D eigenvalue weighted by atomic mass is 19.1. The number of carbonyl (C=O) groups is 1. The summed E-state index contributed by atoms with van der Waals surface area (Å²) in [7, 11) is 0. The lowest BCUT2D eigenvalue weighted by molar-refractivity contribution is 0.0692. The van der Waals surface area contributed by atoms with Crippen molar-refractivity contribution in [1.82, 2.24) is 9.78 Å². The molecule has 0 aliphatic heterocycles. The van der Waals surface area contributed by atoms with E-state index in [1.165, 1.54) is 18.3 Å². The van der Waals surface area contributed by atoms with Gasteiger partial charge in [-0.3, -0.25) is 4.68 Å². The Balaban J connectivity index is 2.52. The van der Waals surface area contributed by atoms with Crippen molar-refractivity contribution in [2.45, 2.75) is 13.5 Å². The first kappa shape index (κ1) is 11.3. The number of hydrogen-bond acceptors (Lipinski definition) is 2. The molecule has 2 aromatic rings. The van der Waals surface area contributed by atoms with Crippen molar-refractivity contribution in [1.29, 1.82) is 0 Å². The van der Waals surface area contributed by atoms with Gasteiger partial charge in [-0.2, -0.15) is 5.10 Å². The van der Waals surface area contributed by atoms with Gasteiger partial charge in [-0.15, -0.1) is 0 Å². The number of benzene rings is 1. The molecule has 17 heavy (non-hydrogen) atoms. The van der Waals surface area contributed by atoms with Gasteiger partial charge in [0.15, 0.2) is 0 Å². The fraction of sp³-hybridized carbons (Fsp3) is 0.167. The summed E-state index contributed by atoms with van der Waals surface area (Å²) in [5.41, 5.74) is 0.504. The van der Waals surface area contributed by atoms with Crippen LogP contribution in [0.15, 0.2) is 30.6 Å². The number of aromatic carboxylic acids is 1. The van der Waals surface area contributed by atoms with E-state index in [2.05, 4.69) is 5.10 Å². The minimum atomic E-state index is -1.27. The zero-order chi connectivity index (χ0) is 12.4. The van der Waals surface area contributed by atoms with Crippen molar-refractivity contribution in [3.05, 3.63) is 42.0 Å². The number of hydrogen-bond donors (Lipinski definition) is 1. The van der Waals surface area contributed by atoms with Crippen LogP contribution in [-0.2, 0) is 6.54 Å². The summed E-state index contributed by atoms with van der Waals surface area (Å²) in [6.45, 7) is 2.60. The minimum Gasteiger partial charge on any atom is -0.478 e. The van der Waals surface area contributed by atoms with Crippen LogP contribution in [0.1, 0.15) is 17.3 Å². The van der Waals surface area contributed by atoms with E-state index in [1.807, 2.05) is 6.92 Å². The molecule has 0 aliphatic rings. The summed E-state index contributed by atoms with van der Waals surface area (Å²) in [5, 5.41) is 12.9. The van der Waals surface area contributed by atoms with E-state index in [0.29, 0.717) is 12.1 Å². The lowest BCUT2D eigenvalue weighted by Crippen LogP contribution is -2.01. The SMILES string of the molecule is CCn1cc(-c2cccc(C(=O)O)c2F)cn1. The van der Waals surface area contributed by atoms with Crippen molar-refractivity contribution in [3.8, 4) is 11.1 Å². The van der Waals surface area contributed by atoms with Crippen LogP contribution in [0.5, 0.6) is 0 Å². The van der Waals surface area contributed by atoms with Crippen LogP contribution in [0.3, 0.4) is 0 Å². The standard InChI is InChI=1S/C12H11FN2O2/c1-2-15-7-8(6-14-15)9-4-3-5-10(11(9)13)12(16)17/h3-7H,2H2,1H3,(H,16,17). The topological polar surface area (TPSA) is 55.1 Å². The van der Waals surface area contributed by atoms with Gasteiger partial charge in [0.1, 0.15) is 5.82 Å². The van der Waals surface area contributed by atoms with Gasteiger partial charge in [0.05, 0.1) is 11.8 Å². The van der Waals surface area contributed by atoms with Crippen molar-refractivity contribution < 1.29 is 14.3 Å². The van der Waals surface area contributed by atoms with Gasteiger partial charge < -0.3 is 5.11 Å². The van der Waals surface area contributed by atoms with E-state index in [-0.39, 0.29) is 11.1 Å². The maximum Gasteiger partial charge on any atom is 0.338 e. The van der Waals surface area contributed by atoms with E-state index in [1.54, 1.807) is 16.9 Å². The highest BCUT2D eigenvalue weighted by Crippen LogP contribution is 2.24. The Morgan fingerprint density at radius 3 is 2.88 bits per heavy atom. The summed E-state index contributed by atoms with van der Waals surface area (Å²) in [6, 6.07) is 4.30. The number of halogens is 1. The van der Waals surface area contributed by atoms with Gasteiger partial charge in [0.25, 0.3) is 0 Å². The van der Waals surface area contributed by atoms with Crippen molar-refractivity contribution in [2.24, 2.45) is 0 Å². The first-order valence-electron chi connectivity index (χ1n) is 5.18. The van der Waals surface area contributed by atoms with Crippen LogP contribution in [0.2, 0.25) is 0 Å². The molecule has 0 saturated heterocycles. The van der Waals surface area contributed by atoms with E-state index in [9.17, 15) is 9.18 Å². The molecule has 0 bridgehead atoms. The van der Waals surface area contributed by atoms with Crippen LogP contribution < -0.4 is 0 Å². The molecule has 2 rings (SSSR count). The van der Waals surface area contributed by atoms with E-state index >= 15 is 0 Å². The molecule has 0 aliphatic carbocycles. The third-order valence-electron chi connectivity index (χ3n) is 2.50. The van der Waals surface area contributed by atoms with Gasteiger partial charge in [-0.1, -0.05) is 12.1 Å². The second kappa shape index (κ2) is 4.37. The summed E-state index contributed by atoms with van der Waals surface area (Å²) in [6.07, 6.45) is 3.21. The Hall–Kier alpha value is -2.17. The third kappa shape index (κ3) is 2.04. The lowest BCUT2D eigenvalue weighted by Gasteiger charge is -2.02. The van der Waals surface area contributed by atoms with Crippen molar-refractivity contribution in [2.75, 3.05) is 0 Å². The molecule has 0 unspecified atom stereocenters.